The van der Waals surface area contributed by atoms with E-state index in [9.17, 15) is 0 Å². The van der Waals surface area contributed by atoms with E-state index in [0.717, 1.165) is 54.3 Å². The molecule has 0 saturated heterocycles. The second-order valence-corrected chi connectivity index (χ2v) is 9.80. The van der Waals surface area contributed by atoms with Crippen molar-refractivity contribution in [2.45, 2.75) is 61.7 Å². The first-order chi connectivity index (χ1) is 10.2. The van der Waals surface area contributed by atoms with Gasteiger partial charge in [0.1, 0.15) is 0 Å². The van der Waals surface area contributed by atoms with Crippen LogP contribution >= 0.6 is 25.3 Å². The van der Waals surface area contributed by atoms with Crippen molar-refractivity contribution in [2.24, 2.45) is 35.5 Å². The van der Waals surface area contributed by atoms with Gasteiger partial charge in [-0.3, -0.25) is 0 Å². The highest BCUT2D eigenvalue weighted by Gasteiger charge is 2.85. The third kappa shape index (κ3) is 1.62. The zero-order valence-corrected chi connectivity index (χ0v) is 14.6. The molecule has 0 aliphatic heterocycles. The molecule has 5 aliphatic carbocycles. The summed E-state index contributed by atoms with van der Waals surface area (Å²) < 4.78 is 6.72. The molecule has 5 saturated carbocycles. The summed E-state index contributed by atoms with van der Waals surface area (Å²) in [5.74, 6) is 6.80. The second kappa shape index (κ2) is 4.60. The van der Waals surface area contributed by atoms with Crippen LogP contribution in [0.1, 0.15) is 51.4 Å². The van der Waals surface area contributed by atoms with E-state index >= 15 is 0 Å². The lowest BCUT2D eigenvalue weighted by atomic mass is 9.48. The Bertz CT molecular complexity index is 454. The fourth-order valence-electron chi connectivity index (χ4n) is 7.19. The second-order valence-electron chi connectivity index (χ2n) is 8.55. The van der Waals surface area contributed by atoms with Crippen molar-refractivity contribution in [3.05, 3.63) is 0 Å². The van der Waals surface area contributed by atoms with Gasteiger partial charge in [-0.25, -0.2) is 0 Å². The maximum absolute atomic E-state index is 6.48. The quantitative estimate of drug-likeness (QED) is 0.581. The van der Waals surface area contributed by atoms with Gasteiger partial charge in [0, 0.05) is 11.4 Å². The molecular weight excluding hydrogens is 296 g/mol. The van der Waals surface area contributed by atoms with Crippen LogP contribution in [-0.2, 0) is 4.74 Å². The largest absolute Gasteiger partial charge is 0.373 e. The Kier molecular flexibility index (Phi) is 3.08. The van der Waals surface area contributed by atoms with Crippen LogP contribution < -0.4 is 0 Å². The van der Waals surface area contributed by atoms with E-state index in [1.165, 1.54) is 44.9 Å². The van der Waals surface area contributed by atoms with Crippen molar-refractivity contribution >= 4 is 25.3 Å². The van der Waals surface area contributed by atoms with E-state index < -0.39 is 0 Å². The summed E-state index contributed by atoms with van der Waals surface area (Å²) in [6.07, 6.45) is 11.3. The highest BCUT2D eigenvalue weighted by Crippen LogP contribution is 2.82. The normalized spacial score (nSPS) is 59.7. The van der Waals surface area contributed by atoms with Crippen molar-refractivity contribution in [3.8, 4) is 0 Å². The Hall–Kier alpha value is 0.660. The molecule has 0 aromatic heterocycles. The van der Waals surface area contributed by atoms with Crippen LogP contribution in [0.15, 0.2) is 0 Å². The van der Waals surface area contributed by atoms with Gasteiger partial charge in [-0.1, -0.05) is 19.3 Å². The van der Waals surface area contributed by atoms with Gasteiger partial charge >= 0.3 is 0 Å². The molecule has 0 aromatic rings. The first kappa shape index (κ1) is 14.0. The summed E-state index contributed by atoms with van der Waals surface area (Å²) in [6.45, 7) is 0.902. The lowest BCUT2D eigenvalue weighted by molar-refractivity contribution is -0.123. The van der Waals surface area contributed by atoms with Crippen LogP contribution in [0.25, 0.3) is 0 Å². The summed E-state index contributed by atoms with van der Waals surface area (Å²) in [4.78, 5) is 0. The van der Waals surface area contributed by atoms with Crippen LogP contribution in [0.4, 0.5) is 0 Å². The first-order valence-corrected chi connectivity index (χ1v) is 10.3. The minimum atomic E-state index is 0.179. The molecule has 0 heterocycles. The molecule has 0 N–H and O–H groups in total. The lowest BCUT2D eigenvalue weighted by Crippen LogP contribution is -2.53. The van der Waals surface area contributed by atoms with E-state index in [1.54, 1.807) is 0 Å². The number of rotatable bonds is 4. The summed E-state index contributed by atoms with van der Waals surface area (Å²) in [5, 5.41) is 0. The maximum Gasteiger partial charge on any atom is 0.0875 e. The van der Waals surface area contributed by atoms with Gasteiger partial charge < -0.3 is 4.74 Å². The molecule has 21 heavy (non-hydrogen) atoms. The lowest BCUT2D eigenvalue weighted by Gasteiger charge is -2.58. The molecule has 0 radical (unpaired) electrons. The molecule has 8 unspecified atom stereocenters. The van der Waals surface area contributed by atoms with Crippen LogP contribution in [0.2, 0.25) is 0 Å². The Labute approximate surface area is 139 Å². The van der Waals surface area contributed by atoms with Crippen LogP contribution in [0.5, 0.6) is 0 Å². The zero-order valence-electron chi connectivity index (χ0n) is 12.8. The molecule has 1 nitrogen and oxygen atoms in total. The van der Waals surface area contributed by atoms with E-state index in [-0.39, 0.29) is 10.3 Å². The van der Waals surface area contributed by atoms with Crippen molar-refractivity contribution < 1.29 is 4.74 Å². The standard InChI is InChI=1S/C18H28OS2/c20-7-3-6-19-17-10-18(17,21)15-8-11-4-1-2-5-12(11)13-9-14(17)16(13)15/h11-16,20-21H,1-10H2. The Morgan fingerprint density at radius 3 is 2.76 bits per heavy atom. The highest BCUT2D eigenvalue weighted by atomic mass is 32.1. The molecule has 5 fully saturated rings. The van der Waals surface area contributed by atoms with Gasteiger partial charge in [-0.05, 0) is 73.4 Å². The van der Waals surface area contributed by atoms with Gasteiger partial charge in [-0.15, -0.1) is 0 Å². The molecule has 3 heteroatoms. The number of hydrogen-bond donors (Lipinski definition) is 2. The third-order valence-corrected chi connectivity index (χ3v) is 9.22. The molecule has 8 atom stereocenters. The molecule has 118 valence electrons. The van der Waals surface area contributed by atoms with Gasteiger partial charge in [0.25, 0.3) is 0 Å². The Balaban J connectivity index is 1.39. The van der Waals surface area contributed by atoms with Gasteiger partial charge in [0.05, 0.1) is 5.60 Å². The van der Waals surface area contributed by atoms with Crippen molar-refractivity contribution in [1.29, 1.82) is 0 Å². The highest BCUT2D eigenvalue weighted by molar-refractivity contribution is 7.82. The molecule has 0 bridgehead atoms. The fraction of sp³-hybridized carbons (Fsp3) is 1.00. The van der Waals surface area contributed by atoms with Crippen molar-refractivity contribution in [2.75, 3.05) is 12.4 Å². The Morgan fingerprint density at radius 2 is 1.90 bits per heavy atom. The van der Waals surface area contributed by atoms with Crippen LogP contribution in [-0.4, -0.2) is 22.7 Å². The minimum absolute atomic E-state index is 0.179. The smallest absolute Gasteiger partial charge is 0.0875 e. The summed E-state index contributed by atoms with van der Waals surface area (Å²) in [7, 11) is 0. The molecule has 5 aliphatic rings. The zero-order chi connectivity index (χ0) is 14.2. The number of thiol groups is 2. The van der Waals surface area contributed by atoms with E-state index in [2.05, 4.69) is 12.6 Å². The first-order valence-electron chi connectivity index (χ1n) is 9.18. The van der Waals surface area contributed by atoms with Crippen molar-refractivity contribution in [3.63, 3.8) is 0 Å². The fourth-order valence-corrected chi connectivity index (χ4v) is 8.07. The number of fused-ring (bicyclic) bond motifs is 5. The molecule has 0 amide bonds. The molecule has 0 aromatic carbocycles. The van der Waals surface area contributed by atoms with Gasteiger partial charge in [0.2, 0.25) is 0 Å². The van der Waals surface area contributed by atoms with E-state index in [4.69, 9.17) is 17.4 Å². The minimum Gasteiger partial charge on any atom is -0.373 e. The van der Waals surface area contributed by atoms with Crippen LogP contribution in [0, 0.1) is 35.5 Å². The summed E-state index contributed by atoms with van der Waals surface area (Å²) in [6, 6.07) is 0. The number of ether oxygens (including phenoxy) is 1. The van der Waals surface area contributed by atoms with Gasteiger partial charge in [-0.2, -0.15) is 25.3 Å². The average molecular weight is 325 g/mol. The predicted octanol–water partition coefficient (Wildman–Crippen LogP) is 4.23. The van der Waals surface area contributed by atoms with Gasteiger partial charge in [0.15, 0.2) is 0 Å². The Morgan fingerprint density at radius 1 is 1.05 bits per heavy atom. The monoisotopic (exact) mass is 324 g/mol. The van der Waals surface area contributed by atoms with Crippen LogP contribution in [0.3, 0.4) is 0 Å². The number of hydrogen-bond acceptors (Lipinski definition) is 3. The van der Waals surface area contributed by atoms with E-state index in [1.807, 2.05) is 0 Å². The SMILES string of the molecule is SCCCOC12CC1(S)C1CC3CCCCC3C3CC2C31. The maximum atomic E-state index is 6.48. The topological polar surface area (TPSA) is 9.23 Å². The van der Waals surface area contributed by atoms with E-state index in [0.29, 0.717) is 0 Å². The van der Waals surface area contributed by atoms with Crippen molar-refractivity contribution in [1.82, 2.24) is 0 Å². The summed E-state index contributed by atoms with van der Waals surface area (Å²) >= 11 is 9.56. The molecule has 5 rings (SSSR count). The predicted molar refractivity (Wildman–Crippen MR) is 92.1 cm³/mol. The average Bonchev–Trinajstić information content (AvgIpc) is 3.00. The molecule has 0 spiro atoms. The third-order valence-electron chi connectivity index (χ3n) is 8.04. The summed E-state index contributed by atoms with van der Waals surface area (Å²) in [5.41, 5.74) is 0.179. The molecular formula is C18H28OS2.